The summed E-state index contributed by atoms with van der Waals surface area (Å²) in [6.07, 6.45) is 8.82. The molecule has 0 aromatic heterocycles. The van der Waals surface area contributed by atoms with Gasteiger partial charge in [0.2, 0.25) is 0 Å². The lowest BCUT2D eigenvalue weighted by molar-refractivity contribution is -0.148. The topological polar surface area (TPSA) is 43.4 Å². The molecule has 0 amide bonds. The zero-order chi connectivity index (χ0) is 18.4. The maximum absolute atomic E-state index is 12.8. The zero-order valence-electron chi connectivity index (χ0n) is 16.1. The van der Waals surface area contributed by atoms with Crippen LogP contribution in [-0.4, -0.2) is 11.6 Å². The van der Waals surface area contributed by atoms with Crippen molar-refractivity contribution in [1.29, 1.82) is 0 Å². The fourth-order valence-corrected chi connectivity index (χ4v) is 8.54. The van der Waals surface area contributed by atoms with Crippen LogP contribution in [-0.2, 0) is 14.3 Å². The number of ketones is 2. The van der Waals surface area contributed by atoms with Crippen molar-refractivity contribution in [1.82, 2.24) is 0 Å². The summed E-state index contributed by atoms with van der Waals surface area (Å²) in [6.45, 7) is 8.57. The number of Topliss-reactive ketones (excluding diaryl/α,β-unsaturated/α-hetero) is 2. The van der Waals surface area contributed by atoms with Crippen LogP contribution < -0.4 is 0 Å². The Morgan fingerprint density at radius 2 is 1.11 bits per heavy atom. The van der Waals surface area contributed by atoms with Gasteiger partial charge in [-0.2, -0.15) is 0 Å². The minimum absolute atomic E-state index is 0.127. The van der Waals surface area contributed by atoms with Gasteiger partial charge in [0.15, 0.2) is 0 Å². The molecule has 8 fully saturated rings. The first kappa shape index (κ1) is 16.6. The predicted octanol–water partition coefficient (Wildman–Crippen LogP) is 4.53. The van der Waals surface area contributed by atoms with E-state index in [0.717, 1.165) is 61.9 Å². The number of rotatable bonds is 4. The first-order valence-corrected chi connectivity index (χ1v) is 11.1. The molecule has 0 saturated heterocycles. The minimum atomic E-state index is 0.127. The van der Waals surface area contributed by atoms with Crippen LogP contribution in [0, 0.1) is 59.2 Å². The smallest absolute Gasteiger partial charge is 0.139 e. The van der Waals surface area contributed by atoms with Crippen molar-refractivity contribution >= 4 is 11.6 Å². The number of hydrogen-bond acceptors (Lipinski definition) is 3. The molecule has 0 heterocycles. The summed E-state index contributed by atoms with van der Waals surface area (Å²) in [4.78, 5) is 25.5. The van der Waals surface area contributed by atoms with Crippen LogP contribution in [0.3, 0.4) is 0 Å². The van der Waals surface area contributed by atoms with E-state index in [1.807, 2.05) is 0 Å². The molecule has 8 rings (SSSR count). The van der Waals surface area contributed by atoms with Gasteiger partial charge >= 0.3 is 0 Å². The maximum Gasteiger partial charge on any atom is 0.139 e. The summed E-state index contributed by atoms with van der Waals surface area (Å²) in [7, 11) is 0. The van der Waals surface area contributed by atoms with Gasteiger partial charge in [0, 0.05) is 35.5 Å². The highest BCUT2D eigenvalue weighted by Gasteiger charge is 2.56. The van der Waals surface area contributed by atoms with E-state index in [4.69, 9.17) is 4.74 Å². The molecule has 10 unspecified atom stereocenters. The number of hydrogen-bond donors (Lipinski definition) is 0. The van der Waals surface area contributed by atoms with E-state index < -0.39 is 0 Å². The Hall–Kier alpha value is -1.38. The van der Waals surface area contributed by atoms with Crippen LogP contribution >= 0.6 is 0 Å². The van der Waals surface area contributed by atoms with Gasteiger partial charge in [-0.1, -0.05) is 13.2 Å². The fraction of sp³-hybridized carbons (Fsp3) is 0.750. The second-order valence-electron chi connectivity index (χ2n) is 10.6. The second kappa shape index (κ2) is 5.58. The summed E-state index contributed by atoms with van der Waals surface area (Å²) in [6, 6.07) is 0. The Balaban J connectivity index is 1.20. The highest BCUT2D eigenvalue weighted by atomic mass is 16.5. The average molecular weight is 367 g/mol. The van der Waals surface area contributed by atoms with Gasteiger partial charge in [-0.25, -0.2) is 0 Å². The third-order valence-corrected chi connectivity index (χ3v) is 9.28. The van der Waals surface area contributed by atoms with Crippen LogP contribution in [0.25, 0.3) is 0 Å². The molecule has 0 aliphatic heterocycles. The van der Waals surface area contributed by atoms with E-state index >= 15 is 0 Å². The first-order chi connectivity index (χ1) is 13.0. The molecule has 144 valence electrons. The molecule has 10 atom stereocenters. The van der Waals surface area contributed by atoms with Gasteiger partial charge in [0.25, 0.3) is 0 Å². The molecular weight excluding hydrogens is 336 g/mol. The van der Waals surface area contributed by atoms with Crippen molar-refractivity contribution < 1.29 is 14.3 Å². The van der Waals surface area contributed by atoms with E-state index in [9.17, 15) is 9.59 Å². The van der Waals surface area contributed by atoms with Crippen molar-refractivity contribution in [3.8, 4) is 0 Å². The molecule has 0 aromatic carbocycles. The van der Waals surface area contributed by atoms with Gasteiger partial charge < -0.3 is 4.74 Å². The maximum atomic E-state index is 12.8. The molecular formula is C24H30O3. The molecule has 0 radical (unpaired) electrons. The molecule has 8 aliphatic carbocycles. The zero-order valence-corrected chi connectivity index (χ0v) is 16.1. The summed E-state index contributed by atoms with van der Waals surface area (Å²) >= 11 is 0. The third kappa shape index (κ3) is 2.26. The van der Waals surface area contributed by atoms with E-state index in [0.29, 0.717) is 35.2 Å². The number of allylic oxidation sites excluding steroid dienone is 2. The van der Waals surface area contributed by atoms with Crippen molar-refractivity contribution in [2.24, 2.45) is 59.2 Å². The van der Waals surface area contributed by atoms with E-state index in [1.54, 1.807) is 0 Å². The lowest BCUT2D eigenvalue weighted by atomic mass is 9.50. The van der Waals surface area contributed by atoms with E-state index in [1.165, 1.54) is 12.8 Å². The van der Waals surface area contributed by atoms with Crippen molar-refractivity contribution in [2.75, 3.05) is 0 Å². The number of carbonyl (C=O) groups is 2. The lowest BCUT2D eigenvalue weighted by Gasteiger charge is -2.54. The van der Waals surface area contributed by atoms with Crippen LogP contribution in [0.1, 0.15) is 51.4 Å². The Morgan fingerprint density at radius 3 is 1.56 bits per heavy atom. The monoisotopic (exact) mass is 366 g/mol. The molecule has 0 N–H and O–H groups in total. The summed E-state index contributed by atoms with van der Waals surface area (Å²) in [5, 5.41) is 0. The molecule has 8 bridgehead atoms. The molecule has 0 spiro atoms. The molecule has 3 heteroatoms. The van der Waals surface area contributed by atoms with Crippen LogP contribution in [0.2, 0.25) is 0 Å². The Labute approximate surface area is 161 Å². The summed E-state index contributed by atoms with van der Waals surface area (Å²) in [5.74, 6) is 6.29. The van der Waals surface area contributed by atoms with Crippen LogP contribution in [0.5, 0.6) is 0 Å². The molecule has 0 aromatic rings. The minimum Gasteiger partial charge on any atom is -0.467 e. The quantitative estimate of drug-likeness (QED) is 0.687. The summed E-state index contributed by atoms with van der Waals surface area (Å²) in [5.41, 5.74) is 0. The van der Waals surface area contributed by atoms with E-state index in [-0.39, 0.29) is 23.7 Å². The first-order valence-electron chi connectivity index (χ1n) is 11.1. The number of carbonyl (C=O) groups excluding carboxylic acids is 2. The van der Waals surface area contributed by atoms with Gasteiger partial charge in [0.05, 0.1) is 0 Å². The standard InChI is InChI=1S/C24H30O3/c1-11(21-15-3-13-5-17(9-15)23(25)19(21)7-13)27-12(2)22-16-4-14-6-18(10-16)24(26)20(22)8-14/h13-22H,1-10H2. The number of ether oxygens (including phenoxy) is 1. The van der Waals surface area contributed by atoms with E-state index in [2.05, 4.69) is 13.2 Å². The Kier molecular flexibility index (Phi) is 3.42. The molecule has 3 nitrogen and oxygen atoms in total. The molecule has 27 heavy (non-hydrogen) atoms. The molecule has 8 aliphatic rings. The fourth-order valence-electron chi connectivity index (χ4n) is 8.54. The van der Waals surface area contributed by atoms with Gasteiger partial charge in [-0.15, -0.1) is 0 Å². The van der Waals surface area contributed by atoms with Gasteiger partial charge in [-0.05, 0) is 75.0 Å². The van der Waals surface area contributed by atoms with Crippen molar-refractivity contribution in [2.45, 2.75) is 51.4 Å². The molecule has 8 saturated carbocycles. The normalized spacial score (nSPS) is 51.7. The van der Waals surface area contributed by atoms with Crippen molar-refractivity contribution in [3.05, 3.63) is 24.7 Å². The Bertz CT molecular complexity index is 689. The highest BCUT2D eigenvalue weighted by molar-refractivity contribution is 5.86. The van der Waals surface area contributed by atoms with Crippen LogP contribution in [0.4, 0.5) is 0 Å². The largest absolute Gasteiger partial charge is 0.467 e. The average Bonchev–Trinajstić information content (AvgIpc) is 2.62. The third-order valence-electron chi connectivity index (χ3n) is 9.28. The Morgan fingerprint density at radius 1 is 0.667 bits per heavy atom. The predicted molar refractivity (Wildman–Crippen MR) is 101 cm³/mol. The van der Waals surface area contributed by atoms with Crippen molar-refractivity contribution in [3.63, 3.8) is 0 Å². The highest BCUT2D eigenvalue weighted by Crippen LogP contribution is 2.59. The lowest BCUT2D eigenvalue weighted by Crippen LogP contribution is -2.53. The van der Waals surface area contributed by atoms with Gasteiger partial charge in [-0.3, -0.25) is 9.59 Å². The second-order valence-corrected chi connectivity index (χ2v) is 10.6. The SMILES string of the molecule is C=C(OC(=C)C1C2CC3CC(C2)C(=O)C1C3)C1C2CC3CC(C2)C(=O)C1C3. The summed E-state index contributed by atoms with van der Waals surface area (Å²) < 4.78 is 6.31. The van der Waals surface area contributed by atoms with Crippen LogP contribution in [0.15, 0.2) is 24.7 Å². The van der Waals surface area contributed by atoms with Gasteiger partial charge in [0.1, 0.15) is 23.1 Å².